The number of benzene rings is 1. The average molecular weight is 627 g/mol. The molecule has 6 nitrogen and oxygen atoms in total. The Kier molecular flexibility index (Phi) is 15.0. The molecule has 0 saturated heterocycles. The molecule has 0 bridgehead atoms. The van der Waals surface area contributed by atoms with Crippen LogP contribution in [0.3, 0.4) is 0 Å². The highest BCUT2D eigenvalue weighted by Gasteiger charge is 2.46. The highest BCUT2D eigenvalue weighted by molar-refractivity contribution is 6.74. The van der Waals surface area contributed by atoms with E-state index in [0.29, 0.717) is 18.9 Å². The molecule has 0 radical (unpaired) electrons. The third-order valence-electron chi connectivity index (χ3n) is 10.1. The number of hydrogen-bond donors (Lipinski definition) is 1. The largest absolute Gasteiger partial charge is 0.497 e. The summed E-state index contributed by atoms with van der Waals surface area (Å²) < 4.78 is 31.8. The van der Waals surface area contributed by atoms with Crippen molar-refractivity contribution in [1.29, 1.82) is 0 Å². The van der Waals surface area contributed by atoms with Crippen molar-refractivity contribution in [3.05, 3.63) is 29.8 Å². The molecule has 0 aromatic heterocycles. The van der Waals surface area contributed by atoms with Crippen molar-refractivity contribution < 1.29 is 28.2 Å². The zero-order valence-electron chi connectivity index (χ0n) is 29.8. The van der Waals surface area contributed by atoms with Crippen LogP contribution in [-0.2, 0) is 24.9 Å². The minimum atomic E-state index is -2.10. The number of rotatable bonds is 18. The van der Waals surface area contributed by atoms with Crippen LogP contribution in [0.5, 0.6) is 5.75 Å². The van der Waals surface area contributed by atoms with Crippen LogP contribution in [0.25, 0.3) is 0 Å². The molecule has 1 rings (SSSR count). The second kappa shape index (κ2) is 16.0. The fraction of sp³-hybridized carbons (Fsp3) is 0.824. The van der Waals surface area contributed by atoms with Crippen LogP contribution in [0.1, 0.15) is 87.1 Å². The Balaban J connectivity index is 3.26. The van der Waals surface area contributed by atoms with Crippen molar-refractivity contribution in [2.75, 3.05) is 27.4 Å². The maximum absolute atomic E-state index is 10.1. The fourth-order valence-electron chi connectivity index (χ4n) is 4.62. The summed E-state index contributed by atoms with van der Waals surface area (Å²) >= 11 is 0. The molecule has 0 amide bonds. The van der Waals surface area contributed by atoms with Crippen molar-refractivity contribution >= 4 is 16.6 Å². The van der Waals surface area contributed by atoms with Crippen LogP contribution in [-0.4, -0.2) is 67.5 Å². The van der Waals surface area contributed by atoms with Crippen molar-refractivity contribution in [3.63, 3.8) is 0 Å². The fourth-order valence-corrected chi connectivity index (χ4v) is 7.17. The van der Waals surface area contributed by atoms with E-state index in [1.54, 1.807) is 14.2 Å². The van der Waals surface area contributed by atoms with Gasteiger partial charge < -0.3 is 28.2 Å². The lowest BCUT2D eigenvalue weighted by atomic mass is 9.76. The SMILES string of the molecule is COc1ccc(CO[C@@H](C[C@H](OC)[C@@H](C)CCO[Si](C)(C)C(C)(C)C)C(C)(C)[C@H](CCO)O[Si](C)(C)C(C)(C)C)cc1. The highest BCUT2D eigenvalue weighted by atomic mass is 28.4. The van der Waals surface area contributed by atoms with Crippen molar-refractivity contribution in [2.45, 2.75) is 143 Å². The molecule has 1 aromatic carbocycles. The molecule has 4 atom stereocenters. The Morgan fingerprint density at radius 3 is 1.79 bits per heavy atom. The van der Waals surface area contributed by atoms with Gasteiger partial charge in [0.05, 0.1) is 32.0 Å². The minimum absolute atomic E-state index is 0.00388. The smallest absolute Gasteiger partial charge is 0.192 e. The number of hydrogen-bond acceptors (Lipinski definition) is 6. The Labute approximate surface area is 261 Å². The van der Waals surface area contributed by atoms with E-state index in [9.17, 15) is 5.11 Å². The van der Waals surface area contributed by atoms with Crippen LogP contribution >= 0.6 is 0 Å². The van der Waals surface area contributed by atoms with Crippen LogP contribution in [0.4, 0.5) is 0 Å². The first kappa shape index (κ1) is 39.3. The predicted molar refractivity (Wildman–Crippen MR) is 181 cm³/mol. The van der Waals surface area contributed by atoms with Gasteiger partial charge in [-0.15, -0.1) is 0 Å². The molecule has 0 aliphatic heterocycles. The number of ether oxygens (including phenoxy) is 3. The first-order valence-electron chi connectivity index (χ1n) is 15.8. The van der Waals surface area contributed by atoms with Crippen molar-refractivity contribution in [2.24, 2.45) is 11.3 Å². The first-order valence-corrected chi connectivity index (χ1v) is 21.6. The summed E-state index contributed by atoms with van der Waals surface area (Å²) in [6, 6.07) is 8.04. The summed E-state index contributed by atoms with van der Waals surface area (Å²) in [5, 5.41) is 10.4. The summed E-state index contributed by atoms with van der Waals surface area (Å²) in [5.74, 6) is 1.12. The van der Waals surface area contributed by atoms with Gasteiger partial charge in [0.2, 0.25) is 0 Å². The Morgan fingerprint density at radius 2 is 1.33 bits per heavy atom. The van der Waals surface area contributed by atoms with E-state index in [-0.39, 0.29) is 40.4 Å². The molecule has 42 heavy (non-hydrogen) atoms. The maximum Gasteiger partial charge on any atom is 0.192 e. The lowest BCUT2D eigenvalue weighted by Gasteiger charge is -2.47. The van der Waals surface area contributed by atoms with Crippen LogP contribution in [0, 0.1) is 11.3 Å². The van der Waals surface area contributed by atoms with Crippen molar-refractivity contribution in [1.82, 2.24) is 0 Å². The Bertz CT molecular complexity index is 902. The summed E-state index contributed by atoms with van der Waals surface area (Å²) in [6.07, 6.45) is 1.90. The van der Waals surface area contributed by atoms with Gasteiger partial charge in [-0.3, -0.25) is 0 Å². The second-order valence-corrected chi connectivity index (χ2v) is 25.3. The van der Waals surface area contributed by atoms with E-state index < -0.39 is 16.6 Å². The van der Waals surface area contributed by atoms with E-state index in [0.717, 1.165) is 30.8 Å². The quantitative estimate of drug-likeness (QED) is 0.164. The maximum atomic E-state index is 10.1. The number of aliphatic hydroxyl groups excluding tert-OH is 1. The molecular weight excluding hydrogens is 561 g/mol. The van der Waals surface area contributed by atoms with Gasteiger partial charge in [0.25, 0.3) is 0 Å². The Morgan fingerprint density at radius 1 is 0.786 bits per heavy atom. The summed E-state index contributed by atoms with van der Waals surface area (Å²) in [5.41, 5.74) is 0.712. The molecule has 0 aliphatic rings. The molecule has 0 heterocycles. The molecule has 246 valence electrons. The monoisotopic (exact) mass is 626 g/mol. The van der Waals surface area contributed by atoms with E-state index >= 15 is 0 Å². The topological polar surface area (TPSA) is 66.4 Å². The molecule has 8 heteroatoms. The van der Waals surface area contributed by atoms with Gasteiger partial charge in [0, 0.05) is 32.2 Å². The van der Waals surface area contributed by atoms with Gasteiger partial charge >= 0.3 is 0 Å². The third kappa shape index (κ3) is 11.3. The number of aliphatic hydroxyl groups is 1. The van der Waals surface area contributed by atoms with Gasteiger partial charge in [-0.05, 0) is 72.7 Å². The van der Waals surface area contributed by atoms with Crippen LogP contribution in [0.15, 0.2) is 24.3 Å². The van der Waals surface area contributed by atoms with E-state index in [4.69, 9.17) is 23.1 Å². The minimum Gasteiger partial charge on any atom is -0.497 e. The third-order valence-corrected chi connectivity index (χ3v) is 19.2. The van der Waals surface area contributed by atoms with E-state index in [1.807, 2.05) is 12.1 Å². The number of methoxy groups -OCH3 is 2. The van der Waals surface area contributed by atoms with Crippen LogP contribution < -0.4 is 4.74 Å². The zero-order chi connectivity index (χ0) is 32.6. The van der Waals surface area contributed by atoms with Gasteiger partial charge in [-0.25, -0.2) is 0 Å². The zero-order valence-corrected chi connectivity index (χ0v) is 31.8. The molecule has 1 N–H and O–H groups in total. The predicted octanol–water partition coefficient (Wildman–Crippen LogP) is 8.83. The second-order valence-electron chi connectivity index (χ2n) is 15.7. The summed E-state index contributed by atoms with van der Waals surface area (Å²) in [7, 11) is -0.429. The lowest BCUT2D eigenvalue weighted by molar-refractivity contribution is -0.116. The standard InChI is InChI=1S/C34H66O6Si2/c1-26(21-23-39-41(12,13)32(2,3)4)29(37-11)24-31(38-25-27-16-18-28(36-10)19-17-27)34(8,9)30(20-22-35)40-42(14,15)33(5,6)7/h16-19,26,29-31,35H,20-25H2,1-15H3/t26-,29-,30-,31-/m0/s1. The van der Waals surface area contributed by atoms with E-state index in [1.165, 1.54) is 0 Å². The molecule has 0 aliphatic carbocycles. The Hall–Kier alpha value is -0.746. The molecule has 0 unspecified atom stereocenters. The van der Waals surface area contributed by atoms with Crippen LogP contribution in [0.2, 0.25) is 36.3 Å². The molecule has 0 fully saturated rings. The molecular formula is C34H66O6Si2. The lowest BCUT2D eigenvalue weighted by Crippen LogP contribution is -2.52. The van der Waals surface area contributed by atoms with Crippen molar-refractivity contribution in [3.8, 4) is 5.75 Å². The van der Waals surface area contributed by atoms with Gasteiger partial charge in [0.15, 0.2) is 16.6 Å². The molecule has 0 spiro atoms. The van der Waals surface area contributed by atoms with E-state index in [2.05, 4.69) is 101 Å². The summed E-state index contributed by atoms with van der Waals surface area (Å²) in [4.78, 5) is 0. The summed E-state index contributed by atoms with van der Waals surface area (Å²) in [6.45, 7) is 30.8. The molecule has 1 aromatic rings. The normalized spacial score (nSPS) is 16.7. The van der Waals surface area contributed by atoms with Gasteiger partial charge in [-0.1, -0.05) is 74.4 Å². The van der Waals surface area contributed by atoms with Gasteiger partial charge in [0.1, 0.15) is 5.75 Å². The first-order chi connectivity index (χ1) is 19.1. The average Bonchev–Trinajstić information content (AvgIpc) is 2.87. The molecule has 0 saturated carbocycles. The highest BCUT2D eigenvalue weighted by Crippen LogP contribution is 2.43. The van der Waals surface area contributed by atoms with Gasteiger partial charge in [-0.2, -0.15) is 0 Å².